The van der Waals surface area contributed by atoms with Gasteiger partial charge in [-0.2, -0.15) is 0 Å². The topological polar surface area (TPSA) is 86.2 Å². The van der Waals surface area contributed by atoms with Crippen molar-refractivity contribution < 1.29 is 17.9 Å². The molecule has 0 aliphatic rings. The minimum Gasteiger partial charge on any atom is -0.465 e. The van der Waals surface area contributed by atoms with Crippen LogP contribution < -0.4 is 0 Å². The zero-order valence-electron chi connectivity index (χ0n) is 8.19. The van der Waals surface area contributed by atoms with Gasteiger partial charge in [0, 0.05) is 6.26 Å². The average Bonchev–Trinajstić information content (AvgIpc) is 2.14. The predicted octanol–water partition coefficient (Wildman–Crippen LogP) is 0.974. The second kappa shape index (κ2) is 4.52. The van der Waals surface area contributed by atoms with Gasteiger partial charge in [-0.1, -0.05) is 11.6 Å². The highest BCUT2D eigenvalue weighted by Crippen LogP contribution is 2.23. The molecular formula is C7H6Cl2N2O4S. The summed E-state index contributed by atoms with van der Waals surface area (Å²) in [4.78, 5) is 18.2. The fourth-order valence-corrected chi connectivity index (χ4v) is 2.30. The van der Waals surface area contributed by atoms with Crippen molar-refractivity contribution in [1.82, 2.24) is 9.97 Å². The van der Waals surface area contributed by atoms with Crippen molar-refractivity contribution in [3.8, 4) is 0 Å². The highest BCUT2D eigenvalue weighted by atomic mass is 35.5. The van der Waals surface area contributed by atoms with Crippen molar-refractivity contribution in [2.24, 2.45) is 0 Å². The highest BCUT2D eigenvalue weighted by molar-refractivity contribution is 7.90. The summed E-state index contributed by atoms with van der Waals surface area (Å²) in [5.41, 5.74) is -0.420. The first-order chi connectivity index (χ1) is 7.27. The first-order valence-corrected chi connectivity index (χ1v) is 6.43. The molecule has 0 saturated carbocycles. The van der Waals surface area contributed by atoms with Crippen LogP contribution in [0.15, 0.2) is 5.03 Å². The Labute approximate surface area is 101 Å². The average molecular weight is 285 g/mol. The van der Waals surface area contributed by atoms with E-state index in [0.717, 1.165) is 13.4 Å². The van der Waals surface area contributed by atoms with E-state index >= 15 is 0 Å². The molecule has 0 radical (unpaired) electrons. The molecule has 1 aromatic heterocycles. The van der Waals surface area contributed by atoms with Crippen LogP contribution in [0.4, 0.5) is 0 Å². The fourth-order valence-electron chi connectivity index (χ4n) is 0.932. The van der Waals surface area contributed by atoms with Crippen LogP contribution in [-0.4, -0.2) is 37.7 Å². The van der Waals surface area contributed by atoms with Gasteiger partial charge in [0.05, 0.1) is 7.11 Å². The Morgan fingerprint density at radius 1 is 1.31 bits per heavy atom. The molecule has 0 aromatic carbocycles. The number of methoxy groups -OCH3 is 1. The van der Waals surface area contributed by atoms with Gasteiger partial charge in [0.1, 0.15) is 10.7 Å². The third-order valence-corrected chi connectivity index (χ3v) is 2.99. The van der Waals surface area contributed by atoms with Gasteiger partial charge in [-0.05, 0) is 11.6 Å². The molecule has 0 aliphatic heterocycles. The van der Waals surface area contributed by atoms with Crippen LogP contribution in [0.5, 0.6) is 0 Å². The van der Waals surface area contributed by atoms with Crippen LogP contribution in [0.3, 0.4) is 0 Å². The van der Waals surface area contributed by atoms with Crippen molar-refractivity contribution in [1.29, 1.82) is 0 Å². The van der Waals surface area contributed by atoms with Gasteiger partial charge < -0.3 is 4.74 Å². The number of rotatable bonds is 2. The van der Waals surface area contributed by atoms with Crippen LogP contribution in [0.25, 0.3) is 0 Å². The molecule has 0 unspecified atom stereocenters. The Kier molecular flexibility index (Phi) is 3.72. The van der Waals surface area contributed by atoms with Crippen molar-refractivity contribution in [3.05, 3.63) is 16.0 Å². The fraction of sp³-hybridized carbons (Fsp3) is 0.286. The normalized spacial score (nSPS) is 11.2. The SMILES string of the molecule is COC(=O)c1c(Cl)nc(Cl)nc1S(C)(=O)=O. The molecular weight excluding hydrogens is 279 g/mol. The van der Waals surface area contributed by atoms with Gasteiger partial charge in [-0.3, -0.25) is 0 Å². The lowest BCUT2D eigenvalue weighted by Crippen LogP contribution is -2.14. The van der Waals surface area contributed by atoms with Gasteiger partial charge in [0.2, 0.25) is 5.28 Å². The summed E-state index contributed by atoms with van der Waals surface area (Å²) in [6.45, 7) is 0. The Balaban J connectivity index is 3.64. The van der Waals surface area contributed by atoms with Crippen LogP contribution in [-0.2, 0) is 14.6 Å². The lowest BCUT2D eigenvalue weighted by Gasteiger charge is -2.06. The summed E-state index contributed by atoms with van der Waals surface area (Å²) >= 11 is 11.1. The van der Waals surface area contributed by atoms with E-state index in [1.165, 1.54) is 0 Å². The molecule has 0 amide bonds. The molecule has 0 saturated heterocycles. The zero-order chi connectivity index (χ0) is 12.5. The monoisotopic (exact) mass is 284 g/mol. The summed E-state index contributed by atoms with van der Waals surface area (Å²) in [6, 6.07) is 0. The molecule has 0 spiro atoms. The summed E-state index contributed by atoms with van der Waals surface area (Å²) < 4.78 is 27.1. The third-order valence-electron chi connectivity index (χ3n) is 1.55. The number of sulfone groups is 1. The molecule has 0 aliphatic carbocycles. The lowest BCUT2D eigenvalue weighted by molar-refractivity contribution is 0.0595. The summed E-state index contributed by atoms with van der Waals surface area (Å²) in [5, 5.41) is -1.28. The number of nitrogens with zero attached hydrogens (tertiary/aromatic N) is 2. The minimum absolute atomic E-state index is 0.363. The van der Waals surface area contributed by atoms with E-state index in [0.29, 0.717) is 0 Å². The van der Waals surface area contributed by atoms with E-state index in [4.69, 9.17) is 23.2 Å². The molecule has 0 atom stereocenters. The molecule has 16 heavy (non-hydrogen) atoms. The number of hydrogen-bond acceptors (Lipinski definition) is 6. The highest BCUT2D eigenvalue weighted by Gasteiger charge is 2.26. The number of carbonyl (C=O) groups is 1. The predicted molar refractivity (Wildman–Crippen MR) is 56.5 cm³/mol. The van der Waals surface area contributed by atoms with E-state index in [1.54, 1.807) is 0 Å². The van der Waals surface area contributed by atoms with Gasteiger partial charge in [0.15, 0.2) is 14.9 Å². The lowest BCUT2D eigenvalue weighted by atomic mass is 10.3. The van der Waals surface area contributed by atoms with Crippen molar-refractivity contribution >= 4 is 39.0 Å². The molecule has 1 rings (SSSR count). The smallest absolute Gasteiger partial charge is 0.343 e. The number of halogens is 2. The number of hydrogen-bond donors (Lipinski definition) is 0. The molecule has 1 aromatic rings. The minimum atomic E-state index is -3.75. The quantitative estimate of drug-likeness (QED) is 0.457. The van der Waals surface area contributed by atoms with E-state index < -0.39 is 26.4 Å². The first kappa shape index (κ1) is 13.1. The van der Waals surface area contributed by atoms with Gasteiger partial charge in [-0.15, -0.1) is 0 Å². The standard InChI is InChI=1S/C7H6Cl2N2O4S/c1-15-6(12)3-4(8)10-7(9)11-5(3)16(2,13)14/h1-2H3. The molecule has 6 nitrogen and oxygen atoms in total. The Morgan fingerprint density at radius 3 is 2.31 bits per heavy atom. The maximum absolute atomic E-state index is 11.4. The van der Waals surface area contributed by atoms with Crippen LogP contribution in [0.1, 0.15) is 10.4 Å². The molecule has 1 heterocycles. The number of carbonyl (C=O) groups excluding carboxylic acids is 1. The molecule has 0 fully saturated rings. The van der Waals surface area contributed by atoms with Crippen LogP contribution >= 0.6 is 23.2 Å². The molecule has 9 heteroatoms. The second-order valence-corrected chi connectivity index (χ2v) is 5.35. The van der Waals surface area contributed by atoms with Gasteiger partial charge in [-0.25, -0.2) is 23.2 Å². The maximum Gasteiger partial charge on any atom is 0.343 e. The van der Waals surface area contributed by atoms with Gasteiger partial charge >= 0.3 is 5.97 Å². The van der Waals surface area contributed by atoms with E-state index in [-0.39, 0.29) is 10.4 Å². The Hall–Kier alpha value is -0.920. The second-order valence-electron chi connectivity index (χ2n) is 2.73. The number of aromatic nitrogens is 2. The van der Waals surface area contributed by atoms with Crippen LogP contribution in [0.2, 0.25) is 10.4 Å². The van der Waals surface area contributed by atoms with Crippen molar-refractivity contribution in [2.75, 3.05) is 13.4 Å². The third kappa shape index (κ3) is 2.60. The molecule has 88 valence electrons. The van der Waals surface area contributed by atoms with Crippen LogP contribution in [0, 0.1) is 0 Å². The number of esters is 1. The first-order valence-electron chi connectivity index (χ1n) is 3.78. The largest absolute Gasteiger partial charge is 0.465 e. The van der Waals surface area contributed by atoms with Gasteiger partial charge in [0.25, 0.3) is 0 Å². The van der Waals surface area contributed by atoms with E-state index in [9.17, 15) is 13.2 Å². The number of ether oxygens (including phenoxy) is 1. The van der Waals surface area contributed by atoms with Crippen molar-refractivity contribution in [2.45, 2.75) is 5.03 Å². The van der Waals surface area contributed by atoms with Crippen molar-refractivity contribution in [3.63, 3.8) is 0 Å². The van der Waals surface area contributed by atoms with E-state index in [1.807, 2.05) is 0 Å². The Morgan fingerprint density at radius 2 is 1.88 bits per heavy atom. The van der Waals surface area contributed by atoms with E-state index in [2.05, 4.69) is 14.7 Å². The molecule has 0 N–H and O–H groups in total. The molecule has 0 bridgehead atoms. The maximum atomic E-state index is 11.4. The summed E-state index contributed by atoms with van der Waals surface area (Å²) in [5.74, 6) is -0.943. The Bertz CT molecular complexity index is 544. The summed E-state index contributed by atoms with van der Waals surface area (Å²) in [7, 11) is -2.67. The zero-order valence-corrected chi connectivity index (χ0v) is 10.5. The summed E-state index contributed by atoms with van der Waals surface area (Å²) in [6.07, 6.45) is 0.869.